The van der Waals surface area contributed by atoms with Gasteiger partial charge in [-0.1, -0.05) is 11.6 Å². The van der Waals surface area contributed by atoms with E-state index in [9.17, 15) is 23.1 Å². The number of hydrogen-bond acceptors (Lipinski definition) is 4. The molecule has 170 valence electrons. The second-order valence-corrected chi connectivity index (χ2v) is 7.87. The van der Waals surface area contributed by atoms with Crippen molar-refractivity contribution in [3.63, 3.8) is 0 Å². The number of aromatic carboxylic acids is 1. The Labute approximate surface area is 191 Å². The van der Waals surface area contributed by atoms with E-state index < -0.39 is 17.7 Å². The van der Waals surface area contributed by atoms with E-state index in [1.807, 2.05) is 13.8 Å². The number of ether oxygens (including phenoxy) is 1. The van der Waals surface area contributed by atoms with E-state index in [-0.39, 0.29) is 28.2 Å². The first-order valence-corrected chi connectivity index (χ1v) is 10.2. The largest absolute Gasteiger partial charge is 0.491 e. The highest BCUT2D eigenvalue weighted by atomic mass is 35.5. The number of carboxylic acid groups (broad SMARTS) is 1. The molecule has 3 heterocycles. The van der Waals surface area contributed by atoms with Crippen LogP contribution in [0.1, 0.15) is 29.9 Å². The SMILES string of the molecule is CC(C)Oc1ccc(-n2c(C(=O)O)c(Cl)c3cc(-c4ccc(C(F)(F)F)cn4)cnc32)cc1. The van der Waals surface area contributed by atoms with Gasteiger partial charge in [0.15, 0.2) is 5.69 Å². The molecule has 0 saturated heterocycles. The molecule has 0 aliphatic carbocycles. The van der Waals surface area contributed by atoms with Crippen molar-refractivity contribution in [2.75, 3.05) is 0 Å². The van der Waals surface area contributed by atoms with Gasteiger partial charge >= 0.3 is 12.1 Å². The monoisotopic (exact) mass is 475 g/mol. The van der Waals surface area contributed by atoms with Gasteiger partial charge in [0.25, 0.3) is 0 Å². The van der Waals surface area contributed by atoms with Crippen molar-refractivity contribution >= 4 is 28.6 Å². The van der Waals surface area contributed by atoms with Gasteiger partial charge in [-0.2, -0.15) is 13.2 Å². The van der Waals surface area contributed by atoms with Crippen LogP contribution < -0.4 is 4.74 Å². The van der Waals surface area contributed by atoms with Crippen molar-refractivity contribution in [1.82, 2.24) is 14.5 Å². The van der Waals surface area contributed by atoms with Crippen LogP contribution in [0, 0.1) is 0 Å². The highest BCUT2D eigenvalue weighted by molar-refractivity contribution is 6.38. The summed E-state index contributed by atoms with van der Waals surface area (Å²) in [4.78, 5) is 20.2. The number of fused-ring (bicyclic) bond motifs is 1. The maximum absolute atomic E-state index is 12.8. The highest BCUT2D eigenvalue weighted by Crippen LogP contribution is 2.35. The van der Waals surface area contributed by atoms with Crippen LogP contribution in [0.15, 0.2) is 54.9 Å². The zero-order chi connectivity index (χ0) is 23.9. The van der Waals surface area contributed by atoms with Gasteiger partial charge in [-0.3, -0.25) is 9.55 Å². The molecule has 1 N–H and O–H groups in total. The zero-order valence-electron chi connectivity index (χ0n) is 17.4. The number of halogens is 4. The third-order valence-corrected chi connectivity index (χ3v) is 5.18. The fourth-order valence-corrected chi connectivity index (χ4v) is 3.69. The lowest BCUT2D eigenvalue weighted by atomic mass is 10.1. The lowest BCUT2D eigenvalue weighted by Crippen LogP contribution is -2.08. The molecule has 10 heteroatoms. The number of aromatic nitrogens is 3. The number of carbonyl (C=O) groups is 1. The van der Waals surface area contributed by atoms with Crippen molar-refractivity contribution in [3.8, 4) is 22.7 Å². The summed E-state index contributed by atoms with van der Waals surface area (Å²) in [5.41, 5.74) is 0.372. The smallest absolute Gasteiger partial charge is 0.417 e. The van der Waals surface area contributed by atoms with Crippen LogP contribution in [-0.2, 0) is 6.18 Å². The summed E-state index contributed by atoms with van der Waals surface area (Å²) >= 11 is 6.42. The quantitative estimate of drug-likeness (QED) is 0.369. The molecule has 0 aliphatic rings. The van der Waals surface area contributed by atoms with E-state index in [1.165, 1.54) is 16.8 Å². The van der Waals surface area contributed by atoms with E-state index in [2.05, 4.69) is 9.97 Å². The first-order chi connectivity index (χ1) is 15.6. The van der Waals surface area contributed by atoms with Gasteiger partial charge in [0.1, 0.15) is 11.4 Å². The van der Waals surface area contributed by atoms with Crippen molar-refractivity contribution in [2.45, 2.75) is 26.1 Å². The summed E-state index contributed by atoms with van der Waals surface area (Å²) in [6, 6.07) is 10.5. The molecule has 1 aromatic carbocycles. The lowest BCUT2D eigenvalue weighted by molar-refractivity contribution is -0.137. The summed E-state index contributed by atoms with van der Waals surface area (Å²) in [5.74, 6) is -0.633. The van der Waals surface area contributed by atoms with E-state index in [4.69, 9.17) is 16.3 Å². The van der Waals surface area contributed by atoms with E-state index in [0.717, 1.165) is 12.3 Å². The normalized spacial score (nSPS) is 11.8. The number of hydrogen-bond donors (Lipinski definition) is 1. The minimum Gasteiger partial charge on any atom is -0.491 e. The first-order valence-electron chi connectivity index (χ1n) is 9.80. The molecule has 0 bridgehead atoms. The second-order valence-electron chi connectivity index (χ2n) is 7.49. The van der Waals surface area contributed by atoms with Gasteiger partial charge < -0.3 is 9.84 Å². The minimum absolute atomic E-state index is 0.0221. The Kier molecular flexibility index (Phi) is 5.75. The van der Waals surface area contributed by atoms with Crippen LogP contribution in [-0.4, -0.2) is 31.7 Å². The predicted octanol–water partition coefficient (Wildman–Crippen LogP) is 6.25. The highest BCUT2D eigenvalue weighted by Gasteiger charge is 2.31. The minimum atomic E-state index is -4.50. The van der Waals surface area contributed by atoms with Crippen molar-refractivity contribution in [3.05, 3.63) is 71.1 Å². The van der Waals surface area contributed by atoms with Crippen molar-refractivity contribution in [2.24, 2.45) is 0 Å². The molecule has 4 aromatic rings. The third kappa shape index (κ3) is 4.36. The van der Waals surface area contributed by atoms with E-state index in [1.54, 1.807) is 30.3 Å². The summed E-state index contributed by atoms with van der Waals surface area (Å²) in [5, 5.41) is 10.1. The molecule has 0 amide bonds. The van der Waals surface area contributed by atoms with Crippen molar-refractivity contribution < 1.29 is 27.8 Å². The van der Waals surface area contributed by atoms with Crippen LogP contribution in [0.2, 0.25) is 5.02 Å². The fraction of sp³-hybridized carbons (Fsp3) is 0.174. The zero-order valence-corrected chi connectivity index (χ0v) is 18.1. The van der Waals surface area contributed by atoms with E-state index >= 15 is 0 Å². The standard InChI is InChI=1S/C23H17ClF3N3O3/c1-12(2)33-16-6-4-15(5-7-16)30-20(22(31)32)19(24)17-9-13(10-29-21(17)30)18-8-3-14(11-28-18)23(25,26)27/h3-12H,1-2H3,(H,31,32). The summed E-state index contributed by atoms with van der Waals surface area (Å²) in [6.45, 7) is 3.78. The van der Waals surface area contributed by atoms with Crippen LogP contribution >= 0.6 is 11.6 Å². The van der Waals surface area contributed by atoms with E-state index in [0.29, 0.717) is 22.4 Å². The Morgan fingerprint density at radius 2 is 1.79 bits per heavy atom. The van der Waals surface area contributed by atoms with Crippen molar-refractivity contribution in [1.29, 1.82) is 0 Å². The topological polar surface area (TPSA) is 77.2 Å². The van der Waals surface area contributed by atoms with Gasteiger partial charge in [-0.05, 0) is 56.3 Å². The third-order valence-electron chi connectivity index (χ3n) is 4.80. The number of carboxylic acids is 1. The van der Waals surface area contributed by atoms with Crippen LogP contribution in [0.25, 0.3) is 28.0 Å². The molecule has 0 unspecified atom stereocenters. The molecule has 0 fully saturated rings. The molecule has 0 atom stereocenters. The Balaban J connectivity index is 1.82. The van der Waals surface area contributed by atoms with Gasteiger partial charge in [-0.25, -0.2) is 9.78 Å². The van der Waals surface area contributed by atoms with Crippen LogP contribution in [0.5, 0.6) is 5.75 Å². The predicted molar refractivity (Wildman–Crippen MR) is 117 cm³/mol. The van der Waals surface area contributed by atoms with Gasteiger partial charge in [0.2, 0.25) is 0 Å². The molecule has 0 radical (unpaired) electrons. The number of benzene rings is 1. The fourth-order valence-electron chi connectivity index (χ4n) is 3.39. The average Bonchev–Trinajstić information content (AvgIpc) is 3.05. The summed E-state index contributed by atoms with van der Waals surface area (Å²) in [7, 11) is 0. The van der Waals surface area contributed by atoms with Gasteiger partial charge in [0, 0.05) is 29.0 Å². The van der Waals surface area contributed by atoms with Gasteiger partial charge in [0.05, 0.1) is 22.4 Å². The number of pyridine rings is 2. The van der Waals surface area contributed by atoms with Crippen LogP contribution in [0.3, 0.4) is 0 Å². The molecule has 0 aliphatic heterocycles. The summed E-state index contributed by atoms with van der Waals surface area (Å²) < 4.78 is 45.5. The Bertz CT molecular complexity index is 1330. The molecular formula is C23H17ClF3N3O3. The molecule has 0 saturated carbocycles. The number of nitrogens with zero attached hydrogens (tertiary/aromatic N) is 3. The molecule has 3 aromatic heterocycles. The van der Waals surface area contributed by atoms with Crippen LogP contribution in [0.4, 0.5) is 13.2 Å². The number of rotatable bonds is 5. The molecule has 6 nitrogen and oxygen atoms in total. The first kappa shape index (κ1) is 22.6. The average molecular weight is 476 g/mol. The maximum atomic E-state index is 12.8. The Morgan fingerprint density at radius 3 is 2.33 bits per heavy atom. The number of alkyl halides is 3. The van der Waals surface area contributed by atoms with Gasteiger partial charge in [-0.15, -0.1) is 0 Å². The maximum Gasteiger partial charge on any atom is 0.417 e. The Hall–Kier alpha value is -3.59. The molecule has 33 heavy (non-hydrogen) atoms. The molecule has 0 spiro atoms. The Morgan fingerprint density at radius 1 is 1.09 bits per heavy atom. The summed E-state index contributed by atoms with van der Waals surface area (Å²) in [6.07, 6.45) is -2.38. The molecular weight excluding hydrogens is 459 g/mol. The lowest BCUT2D eigenvalue weighted by Gasteiger charge is -2.12. The second kappa shape index (κ2) is 8.40. The molecule has 4 rings (SSSR count).